The molecule has 0 aliphatic heterocycles. The number of hydrogen-bond acceptors (Lipinski definition) is 4. The summed E-state index contributed by atoms with van der Waals surface area (Å²) in [6, 6.07) is 0. The molecule has 80 valence electrons. The number of rotatable bonds is 6. The minimum absolute atomic E-state index is 0.185. The van der Waals surface area contributed by atoms with E-state index in [1.807, 2.05) is 0 Å². The summed E-state index contributed by atoms with van der Waals surface area (Å²) in [6.45, 7) is 4.18. The lowest BCUT2D eigenvalue weighted by atomic mass is 10.6. The molecule has 0 bridgehead atoms. The van der Waals surface area contributed by atoms with E-state index in [2.05, 4.69) is 39.1 Å². The molecule has 2 nitrogen and oxygen atoms in total. The second kappa shape index (κ2) is 6.34. The minimum atomic E-state index is -2.22. The van der Waals surface area contributed by atoms with Gasteiger partial charge in [0.25, 0.3) is 0 Å². The molecule has 0 aromatic rings. The van der Waals surface area contributed by atoms with Gasteiger partial charge in [0.1, 0.15) is 0 Å². The molecule has 0 aliphatic carbocycles. The van der Waals surface area contributed by atoms with E-state index in [9.17, 15) is 0 Å². The van der Waals surface area contributed by atoms with Crippen molar-refractivity contribution in [3.05, 3.63) is 0 Å². The largest absolute Gasteiger partial charge is 0.396 e. The molecule has 0 spiro atoms. The van der Waals surface area contributed by atoms with Crippen LogP contribution in [0.1, 0.15) is 26.7 Å². The van der Waals surface area contributed by atoms with Gasteiger partial charge in [-0.1, -0.05) is 13.8 Å². The first-order chi connectivity index (χ1) is 6.08. The molecular formula is C8H20O2S2Si. The van der Waals surface area contributed by atoms with E-state index in [-0.39, 0.29) is 9.75 Å². The quantitative estimate of drug-likeness (QED) is 0.548. The molecule has 0 saturated heterocycles. The number of hydrogen-bond donors (Lipinski definition) is 2. The molecule has 0 fully saturated rings. The number of thiol groups is 2. The smallest absolute Gasteiger partial charge is 0.363 e. The lowest BCUT2D eigenvalue weighted by Crippen LogP contribution is -2.57. The van der Waals surface area contributed by atoms with Crippen molar-refractivity contribution in [1.29, 1.82) is 0 Å². The van der Waals surface area contributed by atoms with Crippen molar-refractivity contribution in [1.82, 2.24) is 0 Å². The van der Waals surface area contributed by atoms with Crippen LogP contribution in [0, 0.1) is 0 Å². The maximum absolute atomic E-state index is 5.56. The Morgan fingerprint density at radius 1 is 1.00 bits per heavy atom. The molecule has 0 radical (unpaired) electrons. The monoisotopic (exact) mass is 240 g/mol. The molecule has 0 saturated carbocycles. The normalized spacial score (nSPS) is 17.1. The third-order valence-electron chi connectivity index (χ3n) is 2.34. The van der Waals surface area contributed by atoms with Crippen molar-refractivity contribution in [3.63, 3.8) is 0 Å². The third-order valence-corrected chi connectivity index (χ3v) is 9.18. The van der Waals surface area contributed by atoms with Gasteiger partial charge in [0.05, 0.1) is 0 Å². The highest BCUT2D eigenvalue weighted by atomic mass is 32.1. The van der Waals surface area contributed by atoms with Crippen LogP contribution in [-0.4, -0.2) is 32.5 Å². The maximum Gasteiger partial charge on any atom is 0.363 e. The van der Waals surface area contributed by atoms with Gasteiger partial charge in [-0.15, -0.1) is 0 Å². The summed E-state index contributed by atoms with van der Waals surface area (Å²) in [5.74, 6) is 0. The van der Waals surface area contributed by atoms with Crippen LogP contribution in [0.4, 0.5) is 0 Å². The van der Waals surface area contributed by atoms with Gasteiger partial charge in [0.2, 0.25) is 0 Å². The van der Waals surface area contributed by atoms with Crippen LogP contribution in [0.15, 0.2) is 0 Å². The average molecular weight is 240 g/mol. The zero-order chi connectivity index (χ0) is 10.5. The Morgan fingerprint density at radius 2 is 1.31 bits per heavy atom. The van der Waals surface area contributed by atoms with Crippen LogP contribution in [0.25, 0.3) is 0 Å². The molecular weight excluding hydrogens is 220 g/mol. The van der Waals surface area contributed by atoms with Crippen molar-refractivity contribution < 1.29 is 8.85 Å². The molecule has 13 heavy (non-hydrogen) atoms. The first-order valence-electron chi connectivity index (χ1n) is 4.55. The van der Waals surface area contributed by atoms with Crippen LogP contribution in [-0.2, 0) is 8.85 Å². The van der Waals surface area contributed by atoms with Crippen LogP contribution in [0.2, 0.25) is 0 Å². The van der Waals surface area contributed by atoms with E-state index < -0.39 is 8.56 Å². The maximum atomic E-state index is 5.56. The van der Waals surface area contributed by atoms with E-state index in [4.69, 9.17) is 8.85 Å². The molecule has 5 heteroatoms. The summed E-state index contributed by atoms with van der Waals surface area (Å²) in [6.07, 6.45) is 1.90. The third kappa shape index (κ3) is 2.89. The summed E-state index contributed by atoms with van der Waals surface area (Å²) >= 11 is 9.05. The zero-order valence-corrected chi connectivity index (χ0v) is 11.6. The first kappa shape index (κ1) is 13.8. The highest BCUT2D eigenvalue weighted by Gasteiger charge is 2.47. The Kier molecular flexibility index (Phi) is 6.75. The fourth-order valence-electron chi connectivity index (χ4n) is 1.42. The fourth-order valence-corrected chi connectivity index (χ4v) is 6.95. The van der Waals surface area contributed by atoms with Crippen molar-refractivity contribution in [3.8, 4) is 0 Å². The fraction of sp³-hybridized carbons (Fsp3) is 1.00. The molecule has 2 unspecified atom stereocenters. The van der Waals surface area contributed by atoms with Gasteiger partial charge in [-0.05, 0) is 12.8 Å². The molecule has 2 atom stereocenters. The van der Waals surface area contributed by atoms with Crippen LogP contribution in [0.5, 0.6) is 0 Å². The van der Waals surface area contributed by atoms with Crippen LogP contribution in [0.3, 0.4) is 0 Å². The molecule has 0 aromatic carbocycles. The summed E-state index contributed by atoms with van der Waals surface area (Å²) in [7, 11) is 1.18. The van der Waals surface area contributed by atoms with Gasteiger partial charge >= 0.3 is 8.56 Å². The summed E-state index contributed by atoms with van der Waals surface area (Å²) in [5.41, 5.74) is 0. The molecule has 0 amide bonds. The molecule has 0 heterocycles. The Hall–Kier alpha value is 0.837. The van der Waals surface area contributed by atoms with E-state index in [1.54, 1.807) is 14.2 Å². The Labute approximate surface area is 93.5 Å². The van der Waals surface area contributed by atoms with Crippen molar-refractivity contribution in [2.24, 2.45) is 0 Å². The van der Waals surface area contributed by atoms with Crippen molar-refractivity contribution in [2.75, 3.05) is 14.2 Å². The predicted octanol–water partition coefficient (Wildman–Crippen LogP) is 2.22. The standard InChI is InChI=1S/C8H20O2S2Si/c1-5-7(11)13(9-3,10-4)8(12)6-2/h7-8,11-12H,5-6H2,1-4H3. The van der Waals surface area contributed by atoms with Gasteiger partial charge in [-0.25, -0.2) is 0 Å². The topological polar surface area (TPSA) is 18.5 Å². The van der Waals surface area contributed by atoms with Gasteiger partial charge in [0.15, 0.2) is 0 Å². The second-order valence-corrected chi connectivity index (χ2v) is 8.85. The molecule has 0 rings (SSSR count). The molecule has 0 N–H and O–H groups in total. The van der Waals surface area contributed by atoms with Crippen molar-refractivity contribution >= 4 is 33.8 Å². The summed E-state index contributed by atoms with van der Waals surface area (Å²) < 4.78 is 11.1. The Morgan fingerprint density at radius 3 is 1.46 bits per heavy atom. The van der Waals surface area contributed by atoms with E-state index in [0.717, 1.165) is 12.8 Å². The van der Waals surface area contributed by atoms with E-state index in [0.29, 0.717) is 0 Å². The summed E-state index contributed by atoms with van der Waals surface area (Å²) in [5, 5.41) is 0. The van der Waals surface area contributed by atoms with E-state index in [1.165, 1.54) is 0 Å². The zero-order valence-electron chi connectivity index (χ0n) is 8.78. The van der Waals surface area contributed by atoms with E-state index >= 15 is 0 Å². The average Bonchev–Trinajstić information content (AvgIpc) is 2.19. The van der Waals surface area contributed by atoms with Gasteiger partial charge < -0.3 is 8.85 Å². The Bertz CT molecular complexity index is 130. The van der Waals surface area contributed by atoms with Gasteiger partial charge in [-0.2, -0.15) is 25.3 Å². The van der Waals surface area contributed by atoms with Crippen LogP contribution < -0.4 is 0 Å². The minimum Gasteiger partial charge on any atom is -0.396 e. The highest BCUT2D eigenvalue weighted by Crippen LogP contribution is 2.27. The molecule has 0 aliphatic rings. The van der Waals surface area contributed by atoms with Crippen molar-refractivity contribution in [2.45, 2.75) is 36.4 Å². The SMILES string of the molecule is CCC(S)[Si](OC)(OC)C(S)CC. The lowest BCUT2D eigenvalue weighted by molar-refractivity contribution is 0.236. The van der Waals surface area contributed by atoms with Crippen LogP contribution >= 0.6 is 25.3 Å². The molecule has 0 aromatic heterocycles. The lowest BCUT2D eigenvalue weighted by Gasteiger charge is -2.35. The highest BCUT2D eigenvalue weighted by molar-refractivity contribution is 7.86. The van der Waals surface area contributed by atoms with Gasteiger partial charge in [-0.3, -0.25) is 0 Å². The second-order valence-electron chi connectivity index (χ2n) is 2.98. The van der Waals surface area contributed by atoms with Gasteiger partial charge in [0, 0.05) is 24.0 Å². The first-order valence-corrected chi connectivity index (χ1v) is 7.55. The predicted molar refractivity (Wildman–Crippen MR) is 65.9 cm³/mol. The Balaban J connectivity index is 4.67. The summed E-state index contributed by atoms with van der Waals surface area (Å²) in [4.78, 5) is 0.370.